The monoisotopic (exact) mass is 325 g/mol. The Balaban J connectivity index is 1.84. The largest absolute Gasteiger partial charge is 0.356 e. The van der Waals surface area contributed by atoms with Crippen LogP contribution in [0.5, 0.6) is 0 Å². The van der Waals surface area contributed by atoms with Gasteiger partial charge in [-0.1, -0.05) is 0 Å². The Morgan fingerprint density at radius 1 is 0.833 bits per heavy atom. The highest BCUT2D eigenvalue weighted by atomic mass is 15.3. The molecular formula is C19H27N5. The lowest BCUT2D eigenvalue weighted by Crippen LogP contribution is -2.36. The first-order valence-electron chi connectivity index (χ1n) is 9.42. The molecule has 4 rings (SSSR count). The Morgan fingerprint density at radius 2 is 1.46 bits per heavy atom. The van der Waals surface area contributed by atoms with Gasteiger partial charge >= 0.3 is 0 Å². The van der Waals surface area contributed by atoms with Crippen LogP contribution in [0.1, 0.15) is 48.8 Å². The Hall–Kier alpha value is -1.80. The third-order valence-electron chi connectivity index (χ3n) is 5.72. The van der Waals surface area contributed by atoms with E-state index in [1.165, 1.54) is 43.2 Å². The average molecular weight is 325 g/mol. The van der Waals surface area contributed by atoms with Gasteiger partial charge in [-0.25, -0.2) is 4.98 Å². The van der Waals surface area contributed by atoms with Crippen molar-refractivity contribution in [1.29, 1.82) is 5.26 Å². The minimum absolute atomic E-state index is 0.848. The second-order valence-corrected chi connectivity index (χ2v) is 7.43. The van der Waals surface area contributed by atoms with Crippen molar-refractivity contribution >= 4 is 11.6 Å². The molecule has 0 radical (unpaired) electrons. The van der Waals surface area contributed by atoms with Crippen molar-refractivity contribution in [1.82, 2.24) is 9.88 Å². The Morgan fingerprint density at radius 3 is 2.12 bits per heavy atom. The van der Waals surface area contributed by atoms with E-state index >= 15 is 0 Å². The van der Waals surface area contributed by atoms with Crippen molar-refractivity contribution in [2.24, 2.45) is 0 Å². The number of rotatable bonds is 2. The Bertz CT molecular complexity index is 651. The molecule has 2 saturated heterocycles. The van der Waals surface area contributed by atoms with Crippen molar-refractivity contribution < 1.29 is 0 Å². The van der Waals surface area contributed by atoms with E-state index in [4.69, 9.17) is 4.98 Å². The molecule has 0 saturated carbocycles. The van der Waals surface area contributed by atoms with Crippen LogP contribution in [-0.4, -0.2) is 49.7 Å². The number of piperidine rings is 1. The van der Waals surface area contributed by atoms with E-state index in [0.717, 1.165) is 62.9 Å². The number of fused-ring (bicyclic) bond motifs is 1. The van der Waals surface area contributed by atoms with Gasteiger partial charge in [-0.3, -0.25) is 0 Å². The van der Waals surface area contributed by atoms with Crippen LogP contribution in [0.2, 0.25) is 0 Å². The van der Waals surface area contributed by atoms with Gasteiger partial charge in [0.25, 0.3) is 0 Å². The van der Waals surface area contributed by atoms with E-state index < -0.39 is 0 Å². The van der Waals surface area contributed by atoms with Crippen LogP contribution in [0.3, 0.4) is 0 Å². The highest BCUT2D eigenvalue weighted by Crippen LogP contribution is 2.36. The average Bonchev–Trinajstić information content (AvgIpc) is 3.15. The molecule has 3 aliphatic rings. The summed E-state index contributed by atoms with van der Waals surface area (Å²) >= 11 is 0. The lowest BCUT2D eigenvalue weighted by molar-refractivity contribution is 0.312. The maximum Gasteiger partial charge on any atom is 0.149 e. The number of nitriles is 1. The molecule has 0 unspecified atom stereocenters. The summed E-state index contributed by atoms with van der Waals surface area (Å²) in [7, 11) is 2.17. The van der Waals surface area contributed by atoms with Crippen LogP contribution >= 0.6 is 0 Å². The first-order chi connectivity index (χ1) is 11.8. The second kappa shape index (κ2) is 6.60. The fourth-order valence-electron chi connectivity index (χ4n) is 4.38. The molecule has 1 aromatic rings. The van der Waals surface area contributed by atoms with Crippen LogP contribution in [-0.2, 0) is 13.0 Å². The fourth-order valence-corrected chi connectivity index (χ4v) is 4.38. The molecule has 0 bridgehead atoms. The SMILES string of the molecule is CN1CCc2c(C#N)c(N3CCCC3)nc(N3CCCCC3)c2C1. The summed E-state index contributed by atoms with van der Waals surface area (Å²) in [6, 6.07) is 2.50. The van der Waals surface area contributed by atoms with Crippen LogP contribution in [0.4, 0.5) is 11.6 Å². The first-order valence-corrected chi connectivity index (χ1v) is 9.42. The highest BCUT2D eigenvalue weighted by Gasteiger charge is 2.29. The number of anilines is 2. The maximum atomic E-state index is 9.86. The summed E-state index contributed by atoms with van der Waals surface area (Å²) in [4.78, 5) is 12.3. The lowest BCUT2D eigenvalue weighted by atomic mass is 9.95. The summed E-state index contributed by atoms with van der Waals surface area (Å²) in [6.07, 6.45) is 7.24. The second-order valence-electron chi connectivity index (χ2n) is 7.43. The fraction of sp³-hybridized carbons (Fsp3) is 0.684. The summed E-state index contributed by atoms with van der Waals surface area (Å²) in [5.74, 6) is 2.12. The molecule has 2 fully saturated rings. The molecule has 0 atom stereocenters. The van der Waals surface area contributed by atoms with E-state index in [9.17, 15) is 5.26 Å². The molecule has 128 valence electrons. The zero-order valence-electron chi connectivity index (χ0n) is 14.7. The third-order valence-corrected chi connectivity index (χ3v) is 5.72. The van der Waals surface area contributed by atoms with Gasteiger partial charge in [-0.15, -0.1) is 0 Å². The van der Waals surface area contributed by atoms with Gasteiger partial charge in [0, 0.05) is 44.8 Å². The van der Waals surface area contributed by atoms with Crippen LogP contribution in [0, 0.1) is 11.3 Å². The molecule has 5 heteroatoms. The first kappa shape index (κ1) is 15.7. The smallest absolute Gasteiger partial charge is 0.149 e. The lowest BCUT2D eigenvalue weighted by Gasteiger charge is -2.35. The quantitative estimate of drug-likeness (QED) is 0.836. The molecule has 1 aromatic heterocycles. The third kappa shape index (κ3) is 2.73. The summed E-state index contributed by atoms with van der Waals surface area (Å²) in [6.45, 7) is 6.25. The van der Waals surface area contributed by atoms with Gasteiger partial charge in [-0.05, 0) is 51.1 Å². The number of hydrogen-bond donors (Lipinski definition) is 0. The topological polar surface area (TPSA) is 46.4 Å². The minimum atomic E-state index is 0.848. The number of hydrogen-bond acceptors (Lipinski definition) is 5. The summed E-state index contributed by atoms with van der Waals surface area (Å²) < 4.78 is 0. The van der Waals surface area contributed by atoms with E-state index in [2.05, 4.69) is 27.8 Å². The van der Waals surface area contributed by atoms with Crippen molar-refractivity contribution in [3.63, 3.8) is 0 Å². The molecule has 0 amide bonds. The molecular weight excluding hydrogens is 298 g/mol. The van der Waals surface area contributed by atoms with Crippen molar-refractivity contribution in [2.75, 3.05) is 49.6 Å². The van der Waals surface area contributed by atoms with E-state index in [0.29, 0.717) is 0 Å². The number of aromatic nitrogens is 1. The molecule has 0 spiro atoms. The van der Waals surface area contributed by atoms with Gasteiger partial charge in [0.2, 0.25) is 0 Å². The van der Waals surface area contributed by atoms with Gasteiger partial charge < -0.3 is 14.7 Å². The Kier molecular flexibility index (Phi) is 4.32. The highest BCUT2D eigenvalue weighted by molar-refractivity contribution is 5.68. The molecule has 0 aromatic carbocycles. The van der Waals surface area contributed by atoms with Crippen LogP contribution in [0.25, 0.3) is 0 Å². The molecule has 3 aliphatic heterocycles. The standard InChI is InChI=1S/C19H27N5/c1-22-12-7-15-16(13-20)18(23-10-5-6-11-23)21-19(17(15)14-22)24-8-3-2-4-9-24/h2-12,14H2,1H3. The zero-order chi connectivity index (χ0) is 16.5. The predicted octanol–water partition coefficient (Wildman–Crippen LogP) is 2.53. The maximum absolute atomic E-state index is 9.86. The molecule has 4 heterocycles. The number of likely N-dealkylation sites (N-methyl/N-ethyl adjacent to an activating group) is 1. The molecule has 0 N–H and O–H groups in total. The van der Waals surface area contributed by atoms with Gasteiger partial charge in [0.1, 0.15) is 17.7 Å². The molecule has 0 aliphatic carbocycles. The van der Waals surface area contributed by atoms with E-state index in [1.54, 1.807) is 0 Å². The molecule has 24 heavy (non-hydrogen) atoms. The van der Waals surface area contributed by atoms with Gasteiger partial charge in [0.05, 0.1) is 5.56 Å². The van der Waals surface area contributed by atoms with Gasteiger partial charge in [0.15, 0.2) is 0 Å². The van der Waals surface area contributed by atoms with Gasteiger partial charge in [-0.2, -0.15) is 5.26 Å². The summed E-state index contributed by atoms with van der Waals surface area (Å²) in [5, 5.41) is 9.86. The normalized spacial score (nSPS) is 21.7. The van der Waals surface area contributed by atoms with Crippen molar-refractivity contribution in [2.45, 2.75) is 45.1 Å². The van der Waals surface area contributed by atoms with E-state index in [1.807, 2.05) is 0 Å². The van der Waals surface area contributed by atoms with Crippen LogP contribution < -0.4 is 9.80 Å². The van der Waals surface area contributed by atoms with Crippen LogP contribution in [0.15, 0.2) is 0 Å². The predicted molar refractivity (Wildman–Crippen MR) is 96.5 cm³/mol. The number of pyridine rings is 1. The number of nitrogens with zero attached hydrogens (tertiary/aromatic N) is 5. The molecule has 5 nitrogen and oxygen atoms in total. The van der Waals surface area contributed by atoms with E-state index in [-0.39, 0.29) is 0 Å². The minimum Gasteiger partial charge on any atom is -0.356 e. The Labute approximate surface area is 144 Å². The zero-order valence-corrected chi connectivity index (χ0v) is 14.7. The van der Waals surface area contributed by atoms with Crippen molar-refractivity contribution in [3.8, 4) is 6.07 Å². The van der Waals surface area contributed by atoms with Crippen molar-refractivity contribution in [3.05, 3.63) is 16.7 Å². The summed E-state index contributed by atoms with van der Waals surface area (Å²) in [5.41, 5.74) is 3.43.